The fraction of sp³-hybridized carbons (Fsp3) is 0.0556. The Hall–Kier alpha value is -2.42. The first-order valence-electron chi connectivity index (χ1n) is 7.65. The number of carbonyl (C=O) groups is 2. The Morgan fingerprint density at radius 3 is 2.59 bits per heavy atom. The molecule has 0 unspecified atom stereocenters. The van der Waals surface area contributed by atoms with Crippen LogP contribution < -0.4 is 20.9 Å². The molecule has 0 aliphatic carbocycles. The van der Waals surface area contributed by atoms with E-state index in [4.69, 9.17) is 28.6 Å². The third kappa shape index (κ3) is 7.78. The molecule has 140 valence electrons. The molecule has 0 heterocycles. The summed E-state index contributed by atoms with van der Waals surface area (Å²) < 4.78 is 5.98. The average molecular weight is 469 g/mol. The van der Waals surface area contributed by atoms with Gasteiger partial charge in [-0.3, -0.25) is 25.8 Å². The van der Waals surface area contributed by atoms with Crippen LogP contribution in [0.2, 0.25) is 5.02 Å². The Morgan fingerprint density at radius 2 is 1.89 bits per heavy atom. The van der Waals surface area contributed by atoms with Gasteiger partial charge in [0.1, 0.15) is 5.75 Å². The van der Waals surface area contributed by atoms with Crippen molar-refractivity contribution in [3.05, 3.63) is 69.7 Å². The Labute approximate surface area is 175 Å². The van der Waals surface area contributed by atoms with Crippen LogP contribution in [-0.2, 0) is 9.59 Å². The molecule has 0 aliphatic rings. The number of hydrazine groups is 1. The third-order valence-electron chi connectivity index (χ3n) is 3.03. The second-order valence-electron chi connectivity index (χ2n) is 5.10. The molecule has 0 saturated carbocycles. The summed E-state index contributed by atoms with van der Waals surface area (Å²) in [7, 11) is 0. The maximum absolute atomic E-state index is 11.8. The number of halogens is 2. The molecular weight excluding hydrogens is 454 g/mol. The maximum atomic E-state index is 11.8. The summed E-state index contributed by atoms with van der Waals surface area (Å²) >= 11 is 14.1. The molecule has 0 aliphatic heterocycles. The van der Waals surface area contributed by atoms with Gasteiger partial charge in [0.15, 0.2) is 11.7 Å². The van der Waals surface area contributed by atoms with Crippen LogP contribution in [-0.4, -0.2) is 23.5 Å². The van der Waals surface area contributed by atoms with Gasteiger partial charge in [-0.15, -0.1) is 0 Å². The minimum Gasteiger partial charge on any atom is -0.483 e. The van der Waals surface area contributed by atoms with Crippen molar-refractivity contribution in [2.45, 2.75) is 0 Å². The minimum absolute atomic E-state index is 0.0428. The molecule has 27 heavy (non-hydrogen) atoms. The summed E-state index contributed by atoms with van der Waals surface area (Å²) in [5, 5.41) is 2.91. The second kappa shape index (κ2) is 10.7. The largest absolute Gasteiger partial charge is 0.483 e. The van der Waals surface area contributed by atoms with Gasteiger partial charge < -0.3 is 4.74 Å². The van der Waals surface area contributed by atoms with E-state index in [1.165, 1.54) is 6.08 Å². The van der Waals surface area contributed by atoms with Crippen molar-refractivity contribution in [1.29, 1.82) is 0 Å². The Balaban J connectivity index is 1.70. The first-order chi connectivity index (χ1) is 12.9. The van der Waals surface area contributed by atoms with E-state index in [0.29, 0.717) is 15.2 Å². The quantitative estimate of drug-likeness (QED) is 0.357. The molecular formula is C18H15BrClN3O3S. The molecule has 0 spiro atoms. The minimum atomic E-state index is -0.478. The molecule has 2 rings (SSSR count). The molecule has 0 fully saturated rings. The summed E-state index contributed by atoms with van der Waals surface area (Å²) in [4.78, 5) is 23.5. The highest BCUT2D eigenvalue weighted by Crippen LogP contribution is 2.27. The standard InChI is InChI=1S/C18H15BrClN3O3S/c19-14-10-13(20)7-8-15(14)26-11-17(25)22-23-18(27)21-16(24)9-6-12-4-2-1-3-5-12/h1-10H,11H2,(H,22,25)(H2,21,23,24,27). The van der Waals surface area contributed by atoms with Crippen molar-refractivity contribution in [2.75, 3.05) is 6.61 Å². The number of rotatable bonds is 5. The first-order valence-corrected chi connectivity index (χ1v) is 9.23. The van der Waals surface area contributed by atoms with Crippen LogP contribution in [0.1, 0.15) is 5.56 Å². The van der Waals surface area contributed by atoms with E-state index in [0.717, 1.165) is 5.56 Å². The molecule has 0 aromatic heterocycles. The van der Waals surface area contributed by atoms with Crippen LogP contribution in [0.5, 0.6) is 5.75 Å². The summed E-state index contributed by atoms with van der Waals surface area (Å²) in [5.74, 6) is -0.434. The maximum Gasteiger partial charge on any atom is 0.276 e. The SMILES string of the molecule is O=C(C=Cc1ccccc1)NC(=S)NNC(=O)COc1ccc(Cl)cc1Br. The van der Waals surface area contributed by atoms with Crippen molar-refractivity contribution >= 4 is 62.8 Å². The highest BCUT2D eigenvalue weighted by atomic mass is 79.9. The van der Waals surface area contributed by atoms with E-state index in [-0.39, 0.29) is 11.7 Å². The lowest BCUT2D eigenvalue weighted by Crippen LogP contribution is -2.49. The number of amides is 2. The smallest absolute Gasteiger partial charge is 0.276 e. The summed E-state index contributed by atoms with van der Waals surface area (Å²) in [5.41, 5.74) is 5.63. The average Bonchev–Trinajstić information content (AvgIpc) is 2.65. The van der Waals surface area contributed by atoms with Gasteiger partial charge in [0.25, 0.3) is 5.91 Å². The van der Waals surface area contributed by atoms with Gasteiger partial charge in [0, 0.05) is 11.1 Å². The van der Waals surface area contributed by atoms with Crippen molar-refractivity contribution in [2.24, 2.45) is 0 Å². The van der Waals surface area contributed by atoms with Crippen LogP contribution in [0.3, 0.4) is 0 Å². The molecule has 0 radical (unpaired) electrons. The van der Waals surface area contributed by atoms with Crippen LogP contribution in [0.25, 0.3) is 6.08 Å². The molecule has 2 amide bonds. The highest BCUT2D eigenvalue weighted by molar-refractivity contribution is 9.10. The summed E-state index contributed by atoms with van der Waals surface area (Å²) in [6.07, 6.45) is 2.99. The third-order valence-corrected chi connectivity index (χ3v) is 4.09. The molecule has 2 aromatic carbocycles. The zero-order valence-corrected chi connectivity index (χ0v) is 17.0. The van der Waals surface area contributed by atoms with E-state index in [2.05, 4.69) is 32.1 Å². The summed E-state index contributed by atoms with van der Waals surface area (Å²) in [6.45, 7) is -0.252. The lowest BCUT2D eigenvalue weighted by atomic mass is 10.2. The van der Waals surface area contributed by atoms with E-state index >= 15 is 0 Å². The van der Waals surface area contributed by atoms with Gasteiger partial charge in [-0.1, -0.05) is 41.9 Å². The molecule has 0 atom stereocenters. The zero-order valence-electron chi connectivity index (χ0n) is 13.9. The van der Waals surface area contributed by atoms with E-state index in [9.17, 15) is 9.59 Å². The predicted octanol–water partition coefficient (Wildman–Crippen LogP) is 3.22. The number of nitrogens with one attached hydrogen (secondary N) is 3. The van der Waals surface area contributed by atoms with Crippen LogP contribution >= 0.6 is 39.7 Å². The number of ether oxygens (including phenoxy) is 1. The molecule has 3 N–H and O–H groups in total. The van der Waals surface area contributed by atoms with Crippen molar-refractivity contribution in [3.63, 3.8) is 0 Å². The number of benzene rings is 2. The lowest BCUT2D eigenvalue weighted by Gasteiger charge is -2.11. The Morgan fingerprint density at radius 1 is 1.15 bits per heavy atom. The van der Waals surface area contributed by atoms with E-state index in [1.807, 2.05) is 30.3 Å². The van der Waals surface area contributed by atoms with E-state index in [1.54, 1.807) is 24.3 Å². The van der Waals surface area contributed by atoms with Crippen molar-refractivity contribution in [3.8, 4) is 5.75 Å². The Bertz CT molecular complexity index is 862. The lowest BCUT2D eigenvalue weighted by molar-refractivity contribution is -0.123. The van der Waals surface area contributed by atoms with Crippen LogP contribution in [0.15, 0.2) is 59.1 Å². The van der Waals surface area contributed by atoms with Gasteiger partial charge in [0.2, 0.25) is 5.91 Å². The van der Waals surface area contributed by atoms with Crippen LogP contribution in [0.4, 0.5) is 0 Å². The fourth-order valence-corrected chi connectivity index (χ4v) is 2.77. The van der Waals surface area contributed by atoms with E-state index < -0.39 is 11.8 Å². The summed E-state index contributed by atoms with van der Waals surface area (Å²) in [6, 6.07) is 14.3. The number of thiocarbonyl (C=S) groups is 1. The number of carbonyl (C=O) groups excluding carboxylic acids is 2. The Kier molecular flexibility index (Phi) is 8.25. The molecule has 6 nitrogen and oxygen atoms in total. The zero-order chi connectivity index (χ0) is 19.6. The van der Waals surface area contributed by atoms with Gasteiger partial charge in [-0.25, -0.2) is 0 Å². The van der Waals surface area contributed by atoms with Crippen molar-refractivity contribution in [1.82, 2.24) is 16.2 Å². The normalized spacial score (nSPS) is 10.3. The predicted molar refractivity (Wildman–Crippen MR) is 112 cm³/mol. The second-order valence-corrected chi connectivity index (χ2v) is 6.80. The van der Waals surface area contributed by atoms with Crippen molar-refractivity contribution < 1.29 is 14.3 Å². The number of hydrogen-bond donors (Lipinski definition) is 3. The van der Waals surface area contributed by atoms with Crippen LogP contribution in [0, 0.1) is 0 Å². The van der Waals surface area contributed by atoms with Gasteiger partial charge in [0.05, 0.1) is 4.47 Å². The molecule has 9 heteroatoms. The topological polar surface area (TPSA) is 79.5 Å². The fourth-order valence-electron chi connectivity index (χ4n) is 1.82. The molecule has 0 bridgehead atoms. The first kappa shape index (κ1) is 20.9. The highest BCUT2D eigenvalue weighted by Gasteiger charge is 2.07. The number of hydrogen-bond acceptors (Lipinski definition) is 4. The molecule has 2 aromatic rings. The molecule has 0 saturated heterocycles. The monoisotopic (exact) mass is 467 g/mol. The van der Waals surface area contributed by atoms with Gasteiger partial charge in [-0.2, -0.15) is 0 Å². The van der Waals surface area contributed by atoms with Gasteiger partial charge in [-0.05, 0) is 58.0 Å². The van der Waals surface area contributed by atoms with Gasteiger partial charge >= 0.3 is 0 Å².